The molecule has 1 aliphatic carbocycles. The van der Waals surface area contributed by atoms with Crippen LogP contribution in [0.5, 0.6) is 0 Å². The van der Waals surface area contributed by atoms with Crippen LogP contribution in [0, 0.1) is 11.3 Å². The molecular weight excluding hydrogens is 172 g/mol. The second-order valence-electron chi connectivity index (χ2n) is 3.70. The molecule has 0 bridgehead atoms. The van der Waals surface area contributed by atoms with Crippen molar-refractivity contribution in [2.75, 3.05) is 6.54 Å². The number of fused-ring (bicyclic) bond motifs is 1. The molecular formula is C12H14N2. The predicted octanol–water partition coefficient (Wildman–Crippen LogP) is 1.96. The van der Waals surface area contributed by atoms with Crippen molar-refractivity contribution in [2.24, 2.45) is 0 Å². The van der Waals surface area contributed by atoms with Gasteiger partial charge in [0.25, 0.3) is 0 Å². The van der Waals surface area contributed by atoms with Crippen LogP contribution in [0.3, 0.4) is 0 Å². The number of nitrogens with zero attached hydrogens (tertiary/aromatic N) is 1. The van der Waals surface area contributed by atoms with E-state index in [0.29, 0.717) is 0 Å². The molecule has 0 saturated carbocycles. The van der Waals surface area contributed by atoms with Gasteiger partial charge in [0.15, 0.2) is 0 Å². The van der Waals surface area contributed by atoms with E-state index >= 15 is 0 Å². The largest absolute Gasteiger partial charge is 0.296 e. The second-order valence-corrected chi connectivity index (χ2v) is 3.70. The highest BCUT2D eigenvalue weighted by Gasteiger charge is 2.37. The van der Waals surface area contributed by atoms with Crippen molar-refractivity contribution in [1.82, 2.24) is 5.32 Å². The molecule has 1 aromatic rings. The van der Waals surface area contributed by atoms with Gasteiger partial charge in [-0.15, -0.1) is 0 Å². The Bertz CT molecular complexity index is 374. The molecule has 0 spiro atoms. The summed E-state index contributed by atoms with van der Waals surface area (Å²) < 4.78 is 0. The van der Waals surface area contributed by atoms with Crippen molar-refractivity contribution in [3.63, 3.8) is 0 Å². The van der Waals surface area contributed by atoms with Crippen molar-refractivity contribution in [2.45, 2.75) is 25.3 Å². The molecule has 0 amide bonds. The summed E-state index contributed by atoms with van der Waals surface area (Å²) in [5, 5.41) is 12.6. The molecule has 14 heavy (non-hydrogen) atoms. The van der Waals surface area contributed by atoms with E-state index in [4.69, 9.17) is 0 Å². The second kappa shape index (κ2) is 3.43. The summed E-state index contributed by atoms with van der Waals surface area (Å²) in [5.41, 5.74) is 2.06. The van der Waals surface area contributed by atoms with E-state index in [1.54, 1.807) is 0 Å². The van der Waals surface area contributed by atoms with Crippen LogP contribution in [0.4, 0.5) is 0 Å². The Hall–Kier alpha value is -1.33. The topological polar surface area (TPSA) is 35.8 Å². The standard InChI is InChI=1S/C12H14N2/c1-2-14-12(9-13)8-7-10-5-3-4-6-11(10)12/h3-6,14H,2,7-8H2,1H3. The number of rotatable bonds is 2. The van der Waals surface area contributed by atoms with E-state index in [2.05, 4.69) is 23.5 Å². The first-order chi connectivity index (χ1) is 6.82. The molecule has 2 nitrogen and oxygen atoms in total. The quantitative estimate of drug-likeness (QED) is 0.766. The van der Waals surface area contributed by atoms with Crippen molar-refractivity contribution < 1.29 is 0 Å². The van der Waals surface area contributed by atoms with E-state index in [1.807, 2.05) is 19.1 Å². The van der Waals surface area contributed by atoms with Gasteiger partial charge in [-0.1, -0.05) is 31.2 Å². The molecule has 1 aliphatic rings. The Morgan fingerprint density at radius 1 is 1.50 bits per heavy atom. The van der Waals surface area contributed by atoms with E-state index < -0.39 is 5.54 Å². The lowest BCUT2D eigenvalue weighted by molar-refractivity contribution is 0.437. The number of hydrogen-bond donors (Lipinski definition) is 1. The molecule has 0 fully saturated rings. The predicted molar refractivity (Wildman–Crippen MR) is 55.7 cm³/mol. The number of hydrogen-bond acceptors (Lipinski definition) is 2. The van der Waals surface area contributed by atoms with Crippen LogP contribution >= 0.6 is 0 Å². The maximum Gasteiger partial charge on any atom is 0.132 e. The van der Waals surface area contributed by atoms with E-state index in [0.717, 1.165) is 19.4 Å². The normalized spacial score (nSPS) is 24.3. The van der Waals surface area contributed by atoms with E-state index in [1.165, 1.54) is 11.1 Å². The Balaban J connectivity index is 2.46. The highest BCUT2D eigenvalue weighted by Crippen LogP contribution is 2.35. The van der Waals surface area contributed by atoms with Gasteiger partial charge in [-0.05, 0) is 30.5 Å². The van der Waals surface area contributed by atoms with Crippen LogP contribution in [-0.2, 0) is 12.0 Å². The average Bonchev–Trinajstić information content (AvgIpc) is 2.59. The molecule has 1 unspecified atom stereocenters. The molecule has 2 heteroatoms. The van der Waals surface area contributed by atoms with Gasteiger partial charge in [0.05, 0.1) is 6.07 Å². The molecule has 1 atom stereocenters. The van der Waals surface area contributed by atoms with Crippen LogP contribution in [-0.4, -0.2) is 6.54 Å². The smallest absolute Gasteiger partial charge is 0.132 e. The summed E-state index contributed by atoms with van der Waals surface area (Å²) in [6.45, 7) is 2.88. The molecule has 2 rings (SSSR count). The van der Waals surface area contributed by atoms with Crippen LogP contribution in [0.25, 0.3) is 0 Å². The summed E-state index contributed by atoms with van der Waals surface area (Å²) >= 11 is 0. The molecule has 0 aromatic heterocycles. The molecule has 0 aliphatic heterocycles. The fourth-order valence-electron chi connectivity index (χ4n) is 2.25. The summed E-state index contributed by atoms with van der Waals surface area (Å²) in [6, 6.07) is 10.7. The van der Waals surface area contributed by atoms with Crippen LogP contribution < -0.4 is 5.32 Å². The maximum atomic E-state index is 9.28. The first-order valence-corrected chi connectivity index (χ1v) is 5.07. The van der Waals surface area contributed by atoms with Gasteiger partial charge in [0.2, 0.25) is 0 Å². The first-order valence-electron chi connectivity index (χ1n) is 5.07. The fraction of sp³-hybridized carbons (Fsp3) is 0.417. The van der Waals surface area contributed by atoms with Gasteiger partial charge < -0.3 is 0 Å². The number of benzene rings is 1. The third-order valence-electron chi connectivity index (χ3n) is 2.92. The zero-order chi connectivity index (χ0) is 10.0. The van der Waals surface area contributed by atoms with Crippen LogP contribution in [0.1, 0.15) is 24.5 Å². The lowest BCUT2D eigenvalue weighted by Crippen LogP contribution is -2.38. The third-order valence-corrected chi connectivity index (χ3v) is 2.92. The van der Waals surface area contributed by atoms with Gasteiger partial charge in [0, 0.05) is 0 Å². The van der Waals surface area contributed by atoms with E-state index in [9.17, 15) is 5.26 Å². The molecule has 72 valence electrons. The highest BCUT2D eigenvalue weighted by atomic mass is 15.0. The number of nitrogens with one attached hydrogen (secondary N) is 1. The summed E-state index contributed by atoms with van der Waals surface area (Å²) in [6.07, 6.45) is 1.91. The molecule has 0 saturated heterocycles. The molecule has 1 aromatic carbocycles. The Labute approximate surface area is 84.6 Å². The minimum atomic E-state index is -0.425. The lowest BCUT2D eigenvalue weighted by Gasteiger charge is -2.22. The van der Waals surface area contributed by atoms with Gasteiger partial charge in [-0.3, -0.25) is 5.32 Å². The first kappa shape index (κ1) is 9.23. The third kappa shape index (κ3) is 1.21. The van der Waals surface area contributed by atoms with Crippen LogP contribution in [0.15, 0.2) is 24.3 Å². The van der Waals surface area contributed by atoms with Crippen molar-refractivity contribution in [3.05, 3.63) is 35.4 Å². The number of aryl methyl sites for hydroxylation is 1. The minimum Gasteiger partial charge on any atom is -0.296 e. The Morgan fingerprint density at radius 2 is 2.29 bits per heavy atom. The summed E-state index contributed by atoms with van der Waals surface area (Å²) in [7, 11) is 0. The van der Waals surface area contributed by atoms with Crippen molar-refractivity contribution in [3.8, 4) is 6.07 Å². The Kier molecular flexibility index (Phi) is 2.26. The SMILES string of the molecule is CCNC1(C#N)CCc2ccccc21. The zero-order valence-corrected chi connectivity index (χ0v) is 8.38. The Morgan fingerprint density at radius 3 is 3.00 bits per heavy atom. The maximum absolute atomic E-state index is 9.28. The summed E-state index contributed by atoms with van der Waals surface area (Å²) in [5.74, 6) is 0. The van der Waals surface area contributed by atoms with Crippen molar-refractivity contribution in [1.29, 1.82) is 5.26 Å². The molecule has 0 radical (unpaired) electrons. The lowest BCUT2D eigenvalue weighted by atomic mass is 9.93. The minimum absolute atomic E-state index is 0.425. The van der Waals surface area contributed by atoms with Gasteiger partial charge in [-0.25, -0.2) is 0 Å². The number of nitriles is 1. The van der Waals surface area contributed by atoms with Crippen molar-refractivity contribution >= 4 is 0 Å². The zero-order valence-electron chi connectivity index (χ0n) is 8.38. The summed E-state index contributed by atoms with van der Waals surface area (Å²) in [4.78, 5) is 0. The monoisotopic (exact) mass is 186 g/mol. The van der Waals surface area contributed by atoms with Gasteiger partial charge >= 0.3 is 0 Å². The van der Waals surface area contributed by atoms with Gasteiger partial charge in [0.1, 0.15) is 5.54 Å². The molecule has 1 N–H and O–H groups in total. The van der Waals surface area contributed by atoms with Gasteiger partial charge in [-0.2, -0.15) is 5.26 Å². The van der Waals surface area contributed by atoms with Crippen LogP contribution in [0.2, 0.25) is 0 Å². The average molecular weight is 186 g/mol. The molecule has 0 heterocycles. The van der Waals surface area contributed by atoms with E-state index in [-0.39, 0.29) is 0 Å². The fourth-order valence-corrected chi connectivity index (χ4v) is 2.25. The highest BCUT2D eigenvalue weighted by molar-refractivity contribution is 5.43.